The van der Waals surface area contributed by atoms with Crippen LogP contribution >= 0.6 is 11.8 Å². The summed E-state index contributed by atoms with van der Waals surface area (Å²) in [5, 5.41) is 9.18. The van der Waals surface area contributed by atoms with E-state index in [0.29, 0.717) is 10.9 Å². The highest BCUT2D eigenvalue weighted by molar-refractivity contribution is 7.98. The first-order valence-corrected chi connectivity index (χ1v) is 7.98. The molecule has 108 valence electrons. The van der Waals surface area contributed by atoms with Crippen LogP contribution in [0.5, 0.6) is 0 Å². The maximum absolute atomic E-state index is 5.74. The van der Waals surface area contributed by atoms with Crippen LogP contribution in [0.25, 0.3) is 11.1 Å². The highest BCUT2D eigenvalue weighted by Crippen LogP contribution is 2.27. The number of aryl methyl sites for hydroxylation is 1. The minimum atomic E-state index is 0.642. The average Bonchev–Trinajstić information content (AvgIpc) is 3.08. The second-order valence-corrected chi connectivity index (χ2v) is 6.06. The van der Waals surface area contributed by atoms with Gasteiger partial charge in [-0.2, -0.15) is 0 Å². The third-order valence-electron chi connectivity index (χ3n) is 3.65. The Hall–Kier alpha value is -2.02. The van der Waals surface area contributed by atoms with Crippen molar-refractivity contribution in [2.45, 2.75) is 36.8 Å². The summed E-state index contributed by atoms with van der Waals surface area (Å²) in [6.45, 7) is 1.02. The molecule has 0 bridgehead atoms. The van der Waals surface area contributed by atoms with Gasteiger partial charge >= 0.3 is 0 Å². The summed E-state index contributed by atoms with van der Waals surface area (Å²) in [6, 6.07) is 5.50. The molecule has 7 heteroatoms. The minimum Gasteiger partial charge on any atom is -0.431 e. The lowest BCUT2D eigenvalue weighted by Gasteiger charge is -2.13. The number of fused-ring (bicyclic) bond motifs is 2. The van der Waals surface area contributed by atoms with Crippen molar-refractivity contribution in [1.82, 2.24) is 19.7 Å². The predicted molar refractivity (Wildman–Crippen MR) is 80.9 cm³/mol. The van der Waals surface area contributed by atoms with Gasteiger partial charge in [0.25, 0.3) is 5.22 Å². The fourth-order valence-electron chi connectivity index (χ4n) is 2.58. The summed E-state index contributed by atoms with van der Waals surface area (Å²) in [5.41, 5.74) is 7.98. The molecule has 4 rings (SSSR count). The van der Waals surface area contributed by atoms with Gasteiger partial charge in [0, 0.05) is 24.7 Å². The van der Waals surface area contributed by atoms with E-state index in [4.69, 9.17) is 10.2 Å². The smallest absolute Gasteiger partial charge is 0.257 e. The van der Waals surface area contributed by atoms with Crippen molar-refractivity contribution in [1.29, 1.82) is 0 Å². The molecule has 2 N–H and O–H groups in total. The van der Waals surface area contributed by atoms with Crippen LogP contribution in [0.15, 0.2) is 27.8 Å². The van der Waals surface area contributed by atoms with Crippen LogP contribution in [0.2, 0.25) is 0 Å². The molecule has 0 aliphatic carbocycles. The number of oxazole rings is 1. The largest absolute Gasteiger partial charge is 0.431 e. The fraction of sp³-hybridized carbons (Fsp3) is 0.357. The zero-order chi connectivity index (χ0) is 14.2. The molecule has 3 heterocycles. The van der Waals surface area contributed by atoms with Crippen molar-refractivity contribution in [3.8, 4) is 0 Å². The molecule has 1 aromatic carbocycles. The first-order chi connectivity index (χ1) is 10.3. The van der Waals surface area contributed by atoms with Crippen molar-refractivity contribution in [3.63, 3.8) is 0 Å². The van der Waals surface area contributed by atoms with Crippen molar-refractivity contribution >= 4 is 28.5 Å². The summed E-state index contributed by atoms with van der Waals surface area (Å²) in [7, 11) is 0. The SMILES string of the molecule is Nc1ccc2nc(SCc3nnc4n3CCCC4)oc2c1. The Labute approximate surface area is 125 Å². The molecule has 1 aliphatic heterocycles. The van der Waals surface area contributed by atoms with E-state index in [1.165, 1.54) is 12.8 Å². The lowest BCUT2D eigenvalue weighted by Crippen LogP contribution is -2.12. The summed E-state index contributed by atoms with van der Waals surface area (Å²) in [4.78, 5) is 4.45. The van der Waals surface area contributed by atoms with E-state index in [1.807, 2.05) is 12.1 Å². The van der Waals surface area contributed by atoms with E-state index in [9.17, 15) is 0 Å². The maximum atomic E-state index is 5.74. The van der Waals surface area contributed by atoms with Gasteiger partial charge in [-0.3, -0.25) is 0 Å². The molecule has 1 aliphatic rings. The predicted octanol–water partition coefficient (Wildman–Crippen LogP) is 2.63. The van der Waals surface area contributed by atoms with E-state index in [-0.39, 0.29) is 0 Å². The number of thioether (sulfide) groups is 1. The molecule has 2 aromatic heterocycles. The summed E-state index contributed by atoms with van der Waals surface area (Å²) >= 11 is 1.54. The normalized spacial score (nSPS) is 14.5. The number of nitrogens with zero attached hydrogens (tertiary/aromatic N) is 4. The van der Waals surface area contributed by atoms with E-state index < -0.39 is 0 Å². The third kappa shape index (κ3) is 2.37. The zero-order valence-electron chi connectivity index (χ0n) is 11.5. The monoisotopic (exact) mass is 301 g/mol. The van der Waals surface area contributed by atoms with Crippen LogP contribution in [0.3, 0.4) is 0 Å². The maximum Gasteiger partial charge on any atom is 0.257 e. The van der Waals surface area contributed by atoms with Gasteiger partial charge in [-0.15, -0.1) is 10.2 Å². The highest BCUT2D eigenvalue weighted by Gasteiger charge is 2.16. The first-order valence-electron chi connectivity index (χ1n) is 6.99. The summed E-state index contributed by atoms with van der Waals surface area (Å²) in [5.74, 6) is 2.81. The Kier molecular flexibility index (Phi) is 3.07. The van der Waals surface area contributed by atoms with Crippen LogP contribution in [-0.2, 0) is 18.7 Å². The van der Waals surface area contributed by atoms with Crippen molar-refractivity contribution in [2.75, 3.05) is 5.73 Å². The molecule has 0 saturated carbocycles. The zero-order valence-corrected chi connectivity index (χ0v) is 12.3. The third-order valence-corrected chi connectivity index (χ3v) is 4.48. The minimum absolute atomic E-state index is 0.642. The fourth-order valence-corrected chi connectivity index (χ4v) is 3.36. The molecule has 0 fully saturated rings. The molecule has 0 radical (unpaired) electrons. The standard InChI is InChI=1S/C14H15N5OS/c15-9-4-5-10-11(7-9)20-14(16-10)21-8-13-18-17-12-3-1-2-6-19(12)13/h4-5,7H,1-3,6,8,15H2. The van der Waals surface area contributed by atoms with Crippen LogP contribution in [0.1, 0.15) is 24.5 Å². The second kappa shape index (κ2) is 5.07. The Morgan fingerprint density at radius 2 is 2.24 bits per heavy atom. The second-order valence-electron chi connectivity index (χ2n) is 5.14. The van der Waals surface area contributed by atoms with Crippen LogP contribution in [0, 0.1) is 0 Å². The van der Waals surface area contributed by atoms with E-state index in [1.54, 1.807) is 17.8 Å². The molecule has 0 saturated heterocycles. The molecule has 21 heavy (non-hydrogen) atoms. The highest BCUT2D eigenvalue weighted by atomic mass is 32.2. The number of hydrogen-bond donors (Lipinski definition) is 1. The lowest BCUT2D eigenvalue weighted by atomic mass is 10.2. The van der Waals surface area contributed by atoms with Gasteiger partial charge in [0.05, 0.1) is 5.75 Å². The Morgan fingerprint density at radius 1 is 1.29 bits per heavy atom. The van der Waals surface area contributed by atoms with E-state index in [0.717, 1.165) is 41.5 Å². The van der Waals surface area contributed by atoms with Crippen molar-refractivity contribution in [2.24, 2.45) is 0 Å². The molecule has 0 amide bonds. The van der Waals surface area contributed by atoms with E-state index in [2.05, 4.69) is 19.7 Å². The van der Waals surface area contributed by atoms with Gasteiger partial charge in [0.15, 0.2) is 5.58 Å². The number of aromatic nitrogens is 4. The van der Waals surface area contributed by atoms with Crippen LogP contribution in [0.4, 0.5) is 5.69 Å². The van der Waals surface area contributed by atoms with Crippen LogP contribution in [-0.4, -0.2) is 19.7 Å². The van der Waals surface area contributed by atoms with E-state index >= 15 is 0 Å². The van der Waals surface area contributed by atoms with Gasteiger partial charge < -0.3 is 14.7 Å². The number of nitrogen functional groups attached to an aromatic ring is 1. The number of hydrogen-bond acceptors (Lipinski definition) is 6. The molecule has 6 nitrogen and oxygen atoms in total. The Morgan fingerprint density at radius 3 is 3.19 bits per heavy atom. The molecular formula is C14H15N5OS. The van der Waals surface area contributed by atoms with Crippen molar-refractivity contribution in [3.05, 3.63) is 29.8 Å². The Balaban J connectivity index is 1.54. The Bertz CT molecular complexity index is 794. The number of benzene rings is 1. The average molecular weight is 301 g/mol. The van der Waals surface area contributed by atoms with Crippen molar-refractivity contribution < 1.29 is 4.42 Å². The molecule has 3 aromatic rings. The van der Waals surface area contributed by atoms with Gasteiger partial charge in [-0.05, 0) is 25.0 Å². The van der Waals surface area contributed by atoms with Gasteiger partial charge in [-0.25, -0.2) is 4.98 Å². The van der Waals surface area contributed by atoms with Gasteiger partial charge in [0.1, 0.15) is 17.2 Å². The van der Waals surface area contributed by atoms with Crippen LogP contribution < -0.4 is 5.73 Å². The topological polar surface area (TPSA) is 82.8 Å². The first kappa shape index (κ1) is 12.7. The van der Waals surface area contributed by atoms with Gasteiger partial charge in [-0.1, -0.05) is 11.8 Å². The molecular weight excluding hydrogens is 286 g/mol. The van der Waals surface area contributed by atoms with Gasteiger partial charge in [0.2, 0.25) is 0 Å². The lowest BCUT2D eigenvalue weighted by molar-refractivity contribution is 0.488. The summed E-state index contributed by atoms with van der Waals surface area (Å²) in [6.07, 6.45) is 3.43. The molecule has 0 spiro atoms. The molecule has 0 atom stereocenters. The molecule has 0 unspecified atom stereocenters. The number of nitrogens with two attached hydrogens (primary N) is 1. The quantitative estimate of drug-likeness (QED) is 0.591. The number of anilines is 1. The number of rotatable bonds is 3. The summed E-state index contributed by atoms with van der Waals surface area (Å²) < 4.78 is 7.93.